The van der Waals surface area contributed by atoms with E-state index in [1.54, 1.807) is 0 Å². The standard InChI is InChI=1S/C16H23NO2/c1-2-14-10-6-7-11-17(14)15(12-16(18)19)13-8-4-3-5-9-13/h3-5,8-9,14-15H,2,6-7,10-12H2,1H3,(H,18,19). The normalized spacial score (nSPS) is 22.1. The molecule has 1 aliphatic rings. The Morgan fingerprint density at radius 2 is 2.11 bits per heavy atom. The summed E-state index contributed by atoms with van der Waals surface area (Å²) in [5, 5.41) is 9.21. The van der Waals surface area contributed by atoms with E-state index in [4.69, 9.17) is 0 Å². The first-order chi connectivity index (χ1) is 9.22. The van der Waals surface area contributed by atoms with Crippen molar-refractivity contribution in [2.24, 2.45) is 0 Å². The summed E-state index contributed by atoms with van der Waals surface area (Å²) in [5.74, 6) is -0.714. The third-order valence-electron chi connectivity index (χ3n) is 4.10. The fourth-order valence-corrected chi connectivity index (χ4v) is 3.14. The maximum Gasteiger partial charge on any atom is 0.305 e. The predicted molar refractivity (Wildman–Crippen MR) is 76.1 cm³/mol. The second-order valence-corrected chi connectivity index (χ2v) is 5.32. The minimum absolute atomic E-state index is 0.0175. The molecule has 0 aliphatic carbocycles. The molecule has 0 bridgehead atoms. The van der Waals surface area contributed by atoms with E-state index in [1.807, 2.05) is 18.2 Å². The third kappa shape index (κ3) is 3.57. The number of benzene rings is 1. The molecule has 104 valence electrons. The number of carboxylic acids is 1. The van der Waals surface area contributed by atoms with Crippen LogP contribution in [0.25, 0.3) is 0 Å². The second kappa shape index (κ2) is 6.71. The highest BCUT2D eigenvalue weighted by atomic mass is 16.4. The van der Waals surface area contributed by atoms with Crippen LogP contribution in [0.3, 0.4) is 0 Å². The van der Waals surface area contributed by atoms with Crippen molar-refractivity contribution in [3.63, 3.8) is 0 Å². The van der Waals surface area contributed by atoms with Crippen LogP contribution in [0.15, 0.2) is 30.3 Å². The number of likely N-dealkylation sites (tertiary alicyclic amines) is 1. The smallest absolute Gasteiger partial charge is 0.305 e. The van der Waals surface area contributed by atoms with Gasteiger partial charge in [0.2, 0.25) is 0 Å². The van der Waals surface area contributed by atoms with E-state index in [2.05, 4.69) is 24.0 Å². The largest absolute Gasteiger partial charge is 0.481 e. The van der Waals surface area contributed by atoms with Gasteiger partial charge in [-0.25, -0.2) is 0 Å². The van der Waals surface area contributed by atoms with Gasteiger partial charge in [0.25, 0.3) is 0 Å². The molecule has 1 aromatic rings. The number of nitrogens with zero attached hydrogens (tertiary/aromatic N) is 1. The molecule has 3 nitrogen and oxygen atoms in total. The lowest BCUT2D eigenvalue weighted by molar-refractivity contribution is -0.139. The lowest BCUT2D eigenvalue weighted by Gasteiger charge is -2.40. The first kappa shape index (κ1) is 14.1. The SMILES string of the molecule is CCC1CCCCN1C(CC(=O)O)c1ccccc1. The molecule has 0 amide bonds. The molecule has 2 atom stereocenters. The lowest BCUT2D eigenvalue weighted by Crippen LogP contribution is -2.42. The minimum atomic E-state index is -0.714. The van der Waals surface area contributed by atoms with Crippen LogP contribution >= 0.6 is 0 Å². The Kier molecular flexibility index (Phi) is 4.97. The Morgan fingerprint density at radius 1 is 1.37 bits per heavy atom. The Labute approximate surface area is 115 Å². The quantitative estimate of drug-likeness (QED) is 0.882. The molecule has 19 heavy (non-hydrogen) atoms. The summed E-state index contributed by atoms with van der Waals surface area (Å²) < 4.78 is 0. The number of hydrogen-bond donors (Lipinski definition) is 1. The summed E-state index contributed by atoms with van der Waals surface area (Å²) >= 11 is 0. The second-order valence-electron chi connectivity index (χ2n) is 5.32. The fourth-order valence-electron chi connectivity index (χ4n) is 3.14. The van der Waals surface area contributed by atoms with Crippen LogP contribution in [0.5, 0.6) is 0 Å². The Balaban J connectivity index is 2.23. The topological polar surface area (TPSA) is 40.5 Å². The summed E-state index contributed by atoms with van der Waals surface area (Å²) in [5.41, 5.74) is 1.13. The number of rotatable bonds is 5. The van der Waals surface area contributed by atoms with Crippen molar-refractivity contribution >= 4 is 5.97 Å². The first-order valence-corrected chi connectivity index (χ1v) is 7.25. The van der Waals surface area contributed by atoms with Crippen LogP contribution in [0.2, 0.25) is 0 Å². The highest BCUT2D eigenvalue weighted by Gasteiger charge is 2.30. The fraction of sp³-hybridized carbons (Fsp3) is 0.562. The molecule has 3 heteroatoms. The Bertz CT molecular complexity index is 404. The van der Waals surface area contributed by atoms with Crippen molar-refractivity contribution in [2.45, 2.75) is 51.1 Å². The average Bonchev–Trinajstić information content (AvgIpc) is 2.45. The molecule has 1 fully saturated rings. The van der Waals surface area contributed by atoms with Crippen LogP contribution in [-0.4, -0.2) is 28.6 Å². The van der Waals surface area contributed by atoms with E-state index in [0.29, 0.717) is 6.04 Å². The zero-order valence-corrected chi connectivity index (χ0v) is 11.6. The van der Waals surface area contributed by atoms with Gasteiger partial charge >= 0.3 is 5.97 Å². The molecular formula is C16H23NO2. The van der Waals surface area contributed by atoms with Crippen LogP contribution in [0, 0.1) is 0 Å². The highest BCUT2D eigenvalue weighted by molar-refractivity contribution is 5.68. The molecule has 0 radical (unpaired) electrons. The highest BCUT2D eigenvalue weighted by Crippen LogP contribution is 2.32. The zero-order valence-electron chi connectivity index (χ0n) is 11.6. The molecule has 1 aliphatic heterocycles. The molecule has 2 unspecified atom stereocenters. The van der Waals surface area contributed by atoms with Gasteiger partial charge in [0.05, 0.1) is 6.42 Å². The van der Waals surface area contributed by atoms with E-state index in [0.717, 1.165) is 18.5 Å². The van der Waals surface area contributed by atoms with Gasteiger partial charge in [-0.05, 0) is 31.4 Å². The van der Waals surface area contributed by atoms with Crippen molar-refractivity contribution in [3.8, 4) is 0 Å². The summed E-state index contributed by atoms with van der Waals surface area (Å²) in [6.07, 6.45) is 4.94. The number of piperidine rings is 1. The van der Waals surface area contributed by atoms with Gasteiger partial charge in [-0.2, -0.15) is 0 Å². The van der Waals surface area contributed by atoms with Crippen LogP contribution in [0.1, 0.15) is 50.6 Å². The molecule has 1 saturated heterocycles. The third-order valence-corrected chi connectivity index (χ3v) is 4.10. The number of aliphatic carboxylic acids is 1. The molecule has 0 aromatic heterocycles. The molecule has 2 rings (SSSR count). The van der Waals surface area contributed by atoms with E-state index < -0.39 is 5.97 Å². The lowest BCUT2D eigenvalue weighted by atomic mass is 9.93. The van der Waals surface area contributed by atoms with E-state index in [1.165, 1.54) is 19.3 Å². The van der Waals surface area contributed by atoms with Crippen molar-refractivity contribution in [1.29, 1.82) is 0 Å². The Morgan fingerprint density at radius 3 is 2.74 bits per heavy atom. The number of hydrogen-bond acceptors (Lipinski definition) is 2. The summed E-state index contributed by atoms with van der Waals surface area (Å²) in [7, 11) is 0. The van der Waals surface area contributed by atoms with Gasteiger partial charge < -0.3 is 5.11 Å². The monoisotopic (exact) mass is 261 g/mol. The molecule has 1 N–H and O–H groups in total. The van der Waals surface area contributed by atoms with E-state index >= 15 is 0 Å². The summed E-state index contributed by atoms with van der Waals surface area (Å²) in [6, 6.07) is 10.6. The van der Waals surface area contributed by atoms with Gasteiger partial charge in [0.15, 0.2) is 0 Å². The molecule has 0 saturated carbocycles. The van der Waals surface area contributed by atoms with Gasteiger partial charge in [-0.15, -0.1) is 0 Å². The van der Waals surface area contributed by atoms with Crippen LogP contribution in [-0.2, 0) is 4.79 Å². The predicted octanol–water partition coefficient (Wildman–Crippen LogP) is 3.47. The minimum Gasteiger partial charge on any atom is -0.481 e. The molecule has 1 heterocycles. The van der Waals surface area contributed by atoms with Gasteiger partial charge in [-0.1, -0.05) is 43.7 Å². The van der Waals surface area contributed by atoms with Crippen LogP contribution < -0.4 is 0 Å². The van der Waals surface area contributed by atoms with Crippen molar-refractivity contribution in [1.82, 2.24) is 4.90 Å². The van der Waals surface area contributed by atoms with Gasteiger partial charge in [0, 0.05) is 12.1 Å². The Hall–Kier alpha value is -1.35. The number of carboxylic acid groups (broad SMARTS) is 1. The number of carbonyl (C=O) groups is 1. The van der Waals surface area contributed by atoms with Gasteiger partial charge in [-0.3, -0.25) is 9.69 Å². The molecular weight excluding hydrogens is 238 g/mol. The van der Waals surface area contributed by atoms with Crippen molar-refractivity contribution in [3.05, 3.63) is 35.9 Å². The first-order valence-electron chi connectivity index (χ1n) is 7.25. The molecule has 0 spiro atoms. The zero-order chi connectivity index (χ0) is 13.7. The van der Waals surface area contributed by atoms with E-state index in [9.17, 15) is 9.90 Å². The van der Waals surface area contributed by atoms with Crippen LogP contribution in [0.4, 0.5) is 0 Å². The van der Waals surface area contributed by atoms with Crippen molar-refractivity contribution < 1.29 is 9.90 Å². The summed E-state index contributed by atoms with van der Waals surface area (Å²) in [4.78, 5) is 13.6. The maximum atomic E-state index is 11.2. The molecule has 1 aromatic carbocycles. The van der Waals surface area contributed by atoms with Crippen molar-refractivity contribution in [2.75, 3.05) is 6.54 Å². The maximum absolute atomic E-state index is 11.2. The van der Waals surface area contributed by atoms with Gasteiger partial charge in [0.1, 0.15) is 0 Å². The average molecular weight is 261 g/mol. The van der Waals surface area contributed by atoms with E-state index in [-0.39, 0.29) is 12.5 Å². The summed E-state index contributed by atoms with van der Waals surface area (Å²) in [6.45, 7) is 3.22.